The number of anilines is 2. The average Bonchev–Trinajstić information content (AvgIpc) is 3.14. The average molecular weight is 415 g/mol. The van der Waals surface area contributed by atoms with Gasteiger partial charge in [0.15, 0.2) is 0 Å². The normalized spacial score (nSPS) is 13.4. The molecule has 0 bridgehead atoms. The number of para-hydroxylation sites is 1. The lowest BCUT2D eigenvalue weighted by molar-refractivity contribution is -0.119. The van der Waals surface area contributed by atoms with Crippen LogP contribution in [0.5, 0.6) is 0 Å². The lowest BCUT2D eigenvalue weighted by Crippen LogP contribution is -2.26. The Balaban J connectivity index is 1.36. The number of halogens is 1. The van der Waals surface area contributed by atoms with E-state index in [-0.39, 0.29) is 34.9 Å². The molecule has 3 rings (SSSR count). The molecule has 1 fully saturated rings. The smallest absolute Gasteiger partial charge is 0.234 e. The number of hydrogen-bond donors (Lipinski definition) is 2. The molecule has 8 heteroatoms. The van der Waals surface area contributed by atoms with Crippen LogP contribution in [0.1, 0.15) is 18.4 Å². The van der Waals surface area contributed by atoms with E-state index in [1.165, 1.54) is 12.1 Å². The lowest BCUT2D eigenvalue weighted by Gasteiger charge is -2.16. The molecule has 3 amide bonds. The minimum atomic E-state index is -0.497. The van der Waals surface area contributed by atoms with Crippen molar-refractivity contribution >= 4 is 40.9 Å². The third kappa shape index (κ3) is 6.05. The number of carbonyl (C=O) groups excluding carboxylic acids is 3. The summed E-state index contributed by atoms with van der Waals surface area (Å²) in [6, 6.07) is 13.5. The maximum absolute atomic E-state index is 13.5. The first kappa shape index (κ1) is 20.9. The Labute approximate surface area is 172 Å². The van der Waals surface area contributed by atoms with Crippen LogP contribution >= 0.6 is 11.8 Å². The summed E-state index contributed by atoms with van der Waals surface area (Å²) < 4.78 is 13.5. The van der Waals surface area contributed by atoms with Gasteiger partial charge < -0.3 is 15.5 Å². The molecule has 1 heterocycles. The second kappa shape index (κ2) is 10.1. The number of carbonyl (C=O) groups is 3. The number of nitrogens with one attached hydrogen (secondary N) is 2. The molecule has 0 radical (unpaired) electrons. The summed E-state index contributed by atoms with van der Waals surface area (Å²) in [5.74, 6) is -0.719. The van der Waals surface area contributed by atoms with Crippen LogP contribution in [0.15, 0.2) is 48.5 Å². The van der Waals surface area contributed by atoms with Crippen LogP contribution in [0, 0.1) is 5.82 Å². The largest absolute Gasteiger partial charge is 0.351 e. The lowest BCUT2D eigenvalue weighted by atomic mass is 10.2. The number of thioether (sulfide) groups is 1. The van der Waals surface area contributed by atoms with Crippen molar-refractivity contribution in [2.24, 2.45) is 0 Å². The van der Waals surface area contributed by atoms with Crippen LogP contribution in [0.3, 0.4) is 0 Å². The number of nitrogens with zero attached hydrogens (tertiary/aromatic N) is 1. The van der Waals surface area contributed by atoms with Crippen molar-refractivity contribution < 1.29 is 18.8 Å². The highest BCUT2D eigenvalue weighted by molar-refractivity contribution is 8.00. The molecule has 0 spiro atoms. The van der Waals surface area contributed by atoms with Crippen molar-refractivity contribution in [2.45, 2.75) is 19.4 Å². The first-order valence-electron chi connectivity index (χ1n) is 9.31. The van der Waals surface area contributed by atoms with E-state index in [9.17, 15) is 18.8 Å². The van der Waals surface area contributed by atoms with E-state index in [0.717, 1.165) is 36.0 Å². The first-order chi connectivity index (χ1) is 14.0. The maximum atomic E-state index is 13.5. The number of rotatable bonds is 8. The summed E-state index contributed by atoms with van der Waals surface area (Å²) in [7, 11) is 0. The molecule has 1 saturated heterocycles. The van der Waals surface area contributed by atoms with Crippen LogP contribution in [0.25, 0.3) is 0 Å². The second-order valence-electron chi connectivity index (χ2n) is 6.61. The number of amides is 3. The fourth-order valence-electron chi connectivity index (χ4n) is 2.95. The summed E-state index contributed by atoms with van der Waals surface area (Å²) in [6.07, 6.45) is 1.47. The summed E-state index contributed by atoms with van der Waals surface area (Å²) in [4.78, 5) is 37.3. The zero-order chi connectivity index (χ0) is 20.6. The summed E-state index contributed by atoms with van der Waals surface area (Å²) in [6.45, 7) is 1.12. The van der Waals surface area contributed by atoms with Gasteiger partial charge in [-0.3, -0.25) is 14.4 Å². The molecule has 152 valence electrons. The van der Waals surface area contributed by atoms with E-state index in [2.05, 4.69) is 10.6 Å². The minimum Gasteiger partial charge on any atom is -0.351 e. The first-order valence-corrected chi connectivity index (χ1v) is 10.5. The molecule has 0 saturated carbocycles. The third-order valence-corrected chi connectivity index (χ3v) is 5.36. The molecule has 1 aliphatic heterocycles. The predicted octanol–water partition coefficient (Wildman–Crippen LogP) is 2.94. The standard InChI is InChI=1S/C21H22FN3O3S/c22-17-4-1-2-5-18(17)24-20(27)14-29-13-19(26)23-12-15-7-9-16(10-8-15)25-11-3-6-21(25)28/h1-2,4-5,7-10H,3,6,11-14H2,(H,23,26)(H,24,27). The highest BCUT2D eigenvalue weighted by Gasteiger charge is 2.21. The molecule has 2 aromatic rings. The summed E-state index contributed by atoms with van der Waals surface area (Å²) >= 11 is 1.16. The Hall–Kier alpha value is -2.87. The van der Waals surface area contributed by atoms with E-state index in [1.807, 2.05) is 24.3 Å². The quantitative estimate of drug-likeness (QED) is 0.695. The van der Waals surface area contributed by atoms with E-state index in [1.54, 1.807) is 17.0 Å². The third-order valence-electron chi connectivity index (χ3n) is 4.43. The van der Waals surface area contributed by atoms with E-state index < -0.39 is 5.82 Å². The van der Waals surface area contributed by atoms with Crippen molar-refractivity contribution in [3.8, 4) is 0 Å². The molecule has 0 atom stereocenters. The maximum Gasteiger partial charge on any atom is 0.234 e. The van der Waals surface area contributed by atoms with E-state index in [0.29, 0.717) is 13.0 Å². The van der Waals surface area contributed by atoms with Crippen LogP contribution in [0.4, 0.5) is 15.8 Å². The second-order valence-corrected chi connectivity index (χ2v) is 7.60. The fourth-order valence-corrected chi connectivity index (χ4v) is 3.60. The van der Waals surface area contributed by atoms with Gasteiger partial charge in [0.25, 0.3) is 0 Å². The Morgan fingerprint density at radius 3 is 2.45 bits per heavy atom. The van der Waals surface area contributed by atoms with Gasteiger partial charge in [-0.25, -0.2) is 4.39 Å². The monoisotopic (exact) mass is 415 g/mol. The SMILES string of the molecule is O=C(CSCC(=O)Nc1ccccc1F)NCc1ccc(N2CCCC2=O)cc1. The Morgan fingerprint density at radius 1 is 1.03 bits per heavy atom. The van der Waals surface area contributed by atoms with Gasteiger partial charge in [-0.05, 0) is 36.2 Å². The van der Waals surface area contributed by atoms with Crippen molar-refractivity contribution in [1.29, 1.82) is 0 Å². The molecular formula is C21H22FN3O3S. The Kier molecular flexibility index (Phi) is 7.24. The van der Waals surface area contributed by atoms with Crippen LogP contribution in [-0.4, -0.2) is 35.8 Å². The van der Waals surface area contributed by atoms with Gasteiger partial charge in [0.1, 0.15) is 5.82 Å². The molecule has 0 unspecified atom stereocenters. The molecule has 2 N–H and O–H groups in total. The van der Waals surface area contributed by atoms with E-state index >= 15 is 0 Å². The van der Waals surface area contributed by atoms with E-state index in [4.69, 9.17) is 0 Å². The number of benzene rings is 2. The summed E-state index contributed by atoms with van der Waals surface area (Å²) in [5.41, 5.74) is 1.93. The van der Waals surface area contributed by atoms with Gasteiger partial charge in [0.05, 0.1) is 17.2 Å². The molecule has 1 aliphatic rings. The van der Waals surface area contributed by atoms with Crippen molar-refractivity contribution in [1.82, 2.24) is 5.32 Å². The predicted molar refractivity (Wildman–Crippen MR) is 112 cm³/mol. The summed E-state index contributed by atoms with van der Waals surface area (Å²) in [5, 5.41) is 5.28. The molecule has 0 aliphatic carbocycles. The number of hydrogen-bond acceptors (Lipinski definition) is 4. The van der Waals surface area contributed by atoms with Gasteiger partial charge in [-0.1, -0.05) is 24.3 Å². The zero-order valence-corrected chi connectivity index (χ0v) is 16.6. The molecular weight excluding hydrogens is 393 g/mol. The van der Waals surface area contributed by atoms with Gasteiger partial charge >= 0.3 is 0 Å². The minimum absolute atomic E-state index is 0.0559. The van der Waals surface area contributed by atoms with Crippen LogP contribution < -0.4 is 15.5 Å². The van der Waals surface area contributed by atoms with Gasteiger partial charge in [0, 0.05) is 25.2 Å². The van der Waals surface area contributed by atoms with Gasteiger partial charge in [-0.15, -0.1) is 11.8 Å². The molecule has 29 heavy (non-hydrogen) atoms. The Bertz CT molecular complexity index is 889. The van der Waals surface area contributed by atoms with Gasteiger partial charge in [-0.2, -0.15) is 0 Å². The van der Waals surface area contributed by atoms with Crippen molar-refractivity contribution in [3.05, 3.63) is 59.9 Å². The molecule has 2 aromatic carbocycles. The van der Waals surface area contributed by atoms with Crippen LogP contribution in [-0.2, 0) is 20.9 Å². The molecule has 6 nitrogen and oxygen atoms in total. The topological polar surface area (TPSA) is 78.5 Å². The highest BCUT2D eigenvalue weighted by atomic mass is 32.2. The molecule has 0 aromatic heterocycles. The van der Waals surface area contributed by atoms with Crippen molar-refractivity contribution in [3.63, 3.8) is 0 Å². The highest BCUT2D eigenvalue weighted by Crippen LogP contribution is 2.21. The van der Waals surface area contributed by atoms with Crippen LogP contribution in [0.2, 0.25) is 0 Å². The van der Waals surface area contributed by atoms with Crippen molar-refractivity contribution in [2.75, 3.05) is 28.3 Å². The fraction of sp³-hybridized carbons (Fsp3) is 0.286. The Morgan fingerprint density at radius 2 is 1.76 bits per heavy atom. The zero-order valence-electron chi connectivity index (χ0n) is 15.8. The van der Waals surface area contributed by atoms with Gasteiger partial charge in [0.2, 0.25) is 17.7 Å².